The van der Waals surface area contributed by atoms with E-state index in [-0.39, 0.29) is 17.4 Å². The maximum atomic E-state index is 12.5. The van der Waals surface area contributed by atoms with Crippen LogP contribution in [0.25, 0.3) is 11.4 Å². The van der Waals surface area contributed by atoms with Gasteiger partial charge in [-0.2, -0.15) is 0 Å². The molecule has 160 valence electrons. The van der Waals surface area contributed by atoms with Crippen molar-refractivity contribution in [2.45, 2.75) is 26.2 Å². The van der Waals surface area contributed by atoms with Crippen LogP contribution in [0.3, 0.4) is 0 Å². The molecule has 0 aliphatic carbocycles. The minimum absolute atomic E-state index is 0.0244. The number of piperidine rings is 1. The zero-order valence-corrected chi connectivity index (χ0v) is 17.9. The molecule has 4 heterocycles. The molecule has 0 unspecified atom stereocenters. The number of nitrogens with one attached hydrogen (secondary N) is 2. The zero-order valence-electron chi connectivity index (χ0n) is 17.1. The smallest absolute Gasteiger partial charge is 0.251 e. The molecular formula is C22H23ClN6O2. The van der Waals surface area contributed by atoms with Crippen LogP contribution in [0.15, 0.2) is 47.5 Å². The number of carbonyl (C=O) groups is 1. The second kappa shape index (κ2) is 9.26. The van der Waals surface area contributed by atoms with E-state index in [1.54, 1.807) is 18.3 Å². The van der Waals surface area contributed by atoms with E-state index in [0.717, 1.165) is 43.0 Å². The summed E-state index contributed by atoms with van der Waals surface area (Å²) in [5.41, 5.74) is 1.35. The van der Waals surface area contributed by atoms with Crippen LogP contribution in [0.2, 0.25) is 5.02 Å². The number of pyridine rings is 2. The Labute approximate surface area is 184 Å². The number of hydrogen-bond acceptors (Lipinski definition) is 6. The highest BCUT2D eigenvalue weighted by Gasteiger charge is 2.26. The molecule has 1 aliphatic rings. The second-order valence-corrected chi connectivity index (χ2v) is 7.89. The maximum Gasteiger partial charge on any atom is 0.251 e. The molecular weight excluding hydrogens is 416 g/mol. The highest BCUT2D eigenvalue weighted by Crippen LogP contribution is 2.24. The Morgan fingerprint density at radius 1 is 1.19 bits per heavy atom. The average Bonchev–Trinajstić information content (AvgIpc) is 2.80. The second-order valence-electron chi connectivity index (χ2n) is 7.46. The van der Waals surface area contributed by atoms with Crippen molar-refractivity contribution in [1.82, 2.24) is 19.9 Å². The Hall–Kier alpha value is -3.26. The number of H-pyrrole nitrogens is 1. The summed E-state index contributed by atoms with van der Waals surface area (Å²) in [4.78, 5) is 42.4. The van der Waals surface area contributed by atoms with E-state index in [9.17, 15) is 9.59 Å². The number of aromatic nitrogens is 4. The van der Waals surface area contributed by atoms with Crippen LogP contribution in [0.5, 0.6) is 0 Å². The van der Waals surface area contributed by atoms with Gasteiger partial charge in [0.05, 0.1) is 5.02 Å². The fourth-order valence-corrected chi connectivity index (χ4v) is 3.70. The monoisotopic (exact) mass is 438 g/mol. The van der Waals surface area contributed by atoms with Crippen LogP contribution < -0.4 is 15.8 Å². The van der Waals surface area contributed by atoms with E-state index in [0.29, 0.717) is 23.1 Å². The van der Waals surface area contributed by atoms with Gasteiger partial charge < -0.3 is 15.2 Å². The molecule has 0 bridgehead atoms. The molecule has 1 saturated heterocycles. The largest absolute Gasteiger partial charge is 0.357 e. The van der Waals surface area contributed by atoms with Crippen LogP contribution in [-0.2, 0) is 11.2 Å². The molecule has 0 saturated carbocycles. The SMILES string of the molecule is CCc1cc(=O)[nH]c(-c2ccc(N3CCC(C(=O)Nc4ccc(Cl)cn4)CC3)nc2)n1. The Morgan fingerprint density at radius 2 is 2.00 bits per heavy atom. The molecule has 1 aliphatic heterocycles. The number of carbonyl (C=O) groups excluding carboxylic acids is 1. The third kappa shape index (κ3) is 5.08. The third-order valence-corrected chi connectivity index (χ3v) is 5.57. The molecule has 9 heteroatoms. The topological polar surface area (TPSA) is 104 Å². The van der Waals surface area contributed by atoms with E-state index in [4.69, 9.17) is 11.6 Å². The summed E-state index contributed by atoms with van der Waals surface area (Å²) in [6.07, 6.45) is 5.39. The fourth-order valence-electron chi connectivity index (χ4n) is 3.59. The predicted molar refractivity (Wildman–Crippen MR) is 120 cm³/mol. The molecule has 3 aromatic heterocycles. The fraction of sp³-hybridized carbons (Fsp3) is 0.318. The van der Waals surface area contributed by atoms with Gasteiger partial charge in [-0.3, -0.25) is 9.59 Å². The molecule has 3 aromatic rings. The number of anilines is 2. The van der Waals surface area contributed by atoms with Crippen molar-refractivity contribution in [3.63, 3.8) is 0 Å². The van der Waals surface area contributed by atoms with Crippen LogP contribution in [0.4, 0.5) is 11.6 Å². The van der Waals surface area contributed by atoms with Gasteiger partial charge >= 0.3 is 0 Å². The van der Waals surface area contributed by atoms with Gasteiger partial charge in [0.1, 0.15) is 17.5 Å². The van der Waals surface area contributed by atoms with Crippen molar-refractivity contribution in [2.75, 3.05) is 23.3 Å². The van der Waals surface area contributed by atoms with Gasteiger partial charge in [-0.1, -0.05) is 18.5 Å². The lowest BCUT2D eigenvalue weighted by atomic mass is 9.96. The van der Waals surface area contributed by atoms with E-state index in [2.05, 4.69) is 30.2 Å². The van der Waals surface area contributed by atoms with Crippen molar-refractivity contribution in [2.24, 2.45) is 5.92 Å². The van der Waals surface area contributed by atoms with Crippen molar-refractivity contribution in [3.8, 4) is 11.4 Å². The van der Waals surface area contributed by atoms with Crippen molar-refractivity contribution in [3.05, 3.63) is 63.8 Å². The first kappa shape index (κ1) is 21.0. The lowest BCUT2D eigenvalue weighted by Crippen LogP contribution is -2.38. The first-order valence-electron chi connectivity index (χ1n) is 10.3. The minimum Gasteiger partial charge on any atom is -0.357 e. The molecule has 0 radical (unpaired) electrons. The first-order valence-corrected chi connectivity index (χ1v) is 10.6. The molecule has 0 atom stereocenters. The summed E-state index contributed by atoms with van der Waals surface area (Å²) in [6, 6.07) is 8.73. The lowest BCUT2D eigenvalue weighted by Gasteiger charge is -2.32. The van der Waals surface area contributed by atoms with Gasteiger partial charge in [0, 0.05) is 48.7 Å². The van der Waals surface area contributed by atoms with Crippen LogP contribution in [0, 0.1) is 5.92 Å². The van der Waals surface area contributed by atoms with Gasteiger partial charge in [0.2, 0.25) is 5.91 Å². The van der Waals surface area contributed by atoms with Gasteiger partial charge in [-0.05, 0) is 43.5 Å². The van der Waals surface area contributed by atoms with Crippen LogP contribution >= 0.6 is 11.6 Å². The summed E-state index contributed by atoms with van der Waals surface area (Å²) in [5.74, 6) is 1.78. The summed E-state index contributed by atoms with van der Waals surface area (Å²) < 4.78 is 0. The number of amides is 1. The van der Waals surface area contributed by atoms with Gasteiger partial charge in [0.15, 0.2) is 0 Å². The number of aromatic amines is 1. The predicted octanol–water partition coefficient (Wildman–Crippen LogP) is 3.30. The number of rotatable bonds is 5. The summed E-state index contributed by atoms with van der Waals surface area (Å²) in [5, 5.41) is 3.39. The van der Waals surface area contributed by atoms with Gasteiger partial charge in [-0.25, -0.2) is 15.0 Å². The Bertz CT molecular complexity index is 1110. The van der Waals surface area contributed by atoms with Crippen molar-refractivity contribution >= 4 is 29.1 Å². The highest BCUT2D eigenvalue weighted by molar-refractivity contribution is 6.30. The molecule has 4 rings (SSSR count). The molecule has 31 heavy (non-hydrogen) atoms. The van der Waals surface area contributed by atoms with Gasteiger partial charge in [0.25, 0.3) is 5.56 Å². The van der Waals surface area contributed by atoms with Crippen LogP contribution in [-0.4, -0.2) is 38.9 Å². The first-order chi connectivity index (χ1) is 15.0. The van der Waals surface area contributed by atoms with E-state index < -0.39 is 0 Å². The van der Waals surface area contributed by atoms with E-state index >= 15 is 0 Å². The Balaban J connectivity index is 1.36. The normalized spacial score (nSPS) is 14.5. The van der Waals surface area contributed by atoms with Gasteiger partial charge in [-0.15, -0.1) is 0 Å². The van der Waals surface area contributed by atoms with E-state index in [1.807, 2.05) is 19.1 Å². The summed E-state index contributed by atoms with van der Waals surface area (Å²) in [6.45, 7) is 3.43. The Morgan fingerprint density at radius 3 is 2.65 bits per heavy atom. The maximum absolute atomic E-state index is 12.5. The number of halogens is 1. The summed E-state index contributed by atoms with van der Waals surface area (Å²) in [7, 11) is 0. The van der Waals surface area contributed by atoms with Crippen molar-refractivity contribution in [1.29, 1.82) is 0 Å². The zero-order chi connectivity index (χ0) is 21.8. The number of aryl methyl sites for hydroxylation is 1. The standard InChI is InChI=1S/C22H23ClN6O2/c1-2-17-11-20(30)28-21(26-17)15-3-6-19(25-12-15)29-9-7-14(8-10-29)22(31)27-18-5-4-16(23)13-24-18/h3-6,11-14H,2,7-10H2,1H3,(H,24,27,31)(H,26,28,30). The molecule has 1 fully saturated rings. The third-order valence-electron chi connectivity index (χ3n) is 5.35. The number of nitrogens with zero attached hydrogens (tertiary/aromatic N) is 4. The quantitative estimate of drug-likeness (QED) is 0.633. The molecule has 2 N–H and O–H groups in total. The molecule has 0 spiro atoms. The average molecular weight is 439 g/mol. The number of hydrogen-bond donors (Lipinski definition) is 2. The molecule has 0 aromatic carbocycles. The lowest BCUT2D eigenvalue weighted by molar-refractivity contribution is -0.120. The van der Waals surface area contributed by atoms with E-state index in [1.165, 1.54) is 12.3 Å². The van der Waals surface area contributed by atoms with Crippen LogP contribution in [0.1, 0.15) is 25.5 Å². The highest BCUT2D eigenvalue weighted by atomic mass is 35.5. The Kier molecular flexibility index (Phi) is 6.27. The summed E-state index contributed by atoms with van der Waals surface area (Å²) >= 11 is 5.83. The minimum atomic E-state index is -0.167. The molecule has 8 nitrogen and oxygen atoms in total. The molecule has 1 amide bonds. The van der Waals surface area contributed by atoms with Crippen molar-refractivity contribution < 1.29 is 4.79 Å².